The van der Waals surface area contributed by atoms with Gasteiger partial charge in [0.15, 0.2) is 0 Å². The van der Waals surface area contributed by atoms with Gasteiger partial charge in [-0.05, 0) is 51.9 Å². The summed E-state index contributed by atoms with van der Waals surface area (Å²) >= 11 is 6.01. The van der Waals surface area contributed by atoms with Gasteiger partial charge in [-0.2, -0.15) is 0 Å². The summed E-state index contributed by atoms with van der Waals surface area (Å²) < 4.78 is 0. The van der Waals surface area contributed by atoms with Gasteiger partial charge in [0, 0.05) is 24.5 Å². The Morgan fingerprint density at radius 1 is 1.29 bits per heavy atom. The first-order valence-corrected chi connectivity index (χ1v) is 6.41. The molecule has 0 radical (unpaired) electrons. The number of aromatic nitrogens is 1. The van der Waals surface area contributed by atoms with E-state index in [1.54, 1.807) is 12.4 Å². The fourth-order valence-electron chi connectivity index (χ4n) is 1.45. The lowest BCUT2D eigenvalue weighted by Gasteiger charge is -2.20. The van der Waals surface area contributed by atoms with Crippen LogP contribution in [0.25, 0.3) is 0 Å². The van der Waals surface area contributed by atoms with Gasteiger partial charge in [-0.3, -0.25) is 4.98 Å². The lowest BCUT2D eigenvalue weighted by atomic mass is 10.1. The van der Waals surface area contributed by atoms with E-state index < -0.39 is 0 Å². The Bertz CT molecular complexity index is 334. The van der Waals surface area contributed by atoms with Crippen LogP contribution in [0.2, 0.25) is 5.02 Å². The quantitative estimate of drug-likeness (QED) is 0.768. The molecule has 0 unspecified atom stereocenters. The lowest BCUT2D eigenvalue weighted by molar-refractivity contribution is 0.418. The number of rotatable bonds is 6. The molecule has 0 aliphatic carbocycles. The Labute approximate surface area is 109 Å². The number of nitrogens with zero attached hydrogens (tertiary/aromatic N) is 1. The van der Waals surface area contributed by atoms with Gasteiger partial charge in [0.2, 0.25) is 0 Å². The molecule has 1 heterocycles. The van der Waals surface area contributed by atoms with Crippen LogP contribution in [-0.4, -0.2) is 23.6 Å². The van der Waals surface area contributed by atoms with E-state index in [0.717, 1.165) is 36.6 Å². The van der Waals surface area contributed by atoms with Gasteiger partial charge in [-0.25, -0.2) is 0 Å². The highest BCUT2D eigenvalue weighted by atomic mass is 35.5. The molecule has 4 heteroatoms. The van der Waals surface area contributed by atoms with Gasteiger partial charge < -0.3 is 10.6 Å². The van der Waals surface area contributed by atoms with Crippen LogP contribution in [0, 0.1) is 0 Å². The zero-order valence-electron chi connectivity index (χ0n) is 10.9. The molecule has 1 rings (SSSR count). The molecule has 0 bridgehead atoms. The largest absolute Gasteiger partial charge is 0.313 e. The first-order valence-electron chi connectivity index (χ1n) is 6.03. The van der Waals surface area contributed by atoms with E-state index in [2.05, 4.69) is 36.4 Å². The fraction of sp³-hybridized carbons (Fsp3) is 0.615. The minimum absolute atomic E-state index is 0.203. The fourth-order valence-corrected chi connectivity index (χ4v) is 1.63. The maximum atomic E-state index is 6.01. The van der Waals surface area contributed by atoms with Crippen LogP contribution >= 0.6 is 11.6 Å². The molecule has 0 atom stereocenters. The second kappa shape index (κ2) is 6.94. The van der Waals surface area contributed by atoms with Gasteiger partial charge in [-0.1, -0.05) is 11.6 Å². The summed E-state index contributed by atoms with van der Waals surface area (Å²) in [6.45, 7) is 9.35. The van der Waals surface area contributed by atoms with Crippen molar-refractivity contribution in [3.8, 4) is 0 Å². The Morgan fingerprint density at radius 3 is 2.71 bits per heavy atom. The molecule has 0 fully saturated rings. The molecule has 17 heavy (non-hydrogen) atoms. The van der Waals surface area contributed by atoms with Crippen LogP contribution in [0.5, 0.6) is 0 Å². The SMILES string of the molecule is CC(C)(C)NCCCNCc1ccncc1Cl. The molecule has 0 aliphatic heterocycles. The molecular formula is C13H22ClN3. The second-order valence-corrected chi connectivity index (χ2v) is 5.58. The summed E-state index contributed by atoms with van der Waals surface area (Å²) in [5.74, 6) is 0. The van der Waals surface area contributed by atoms with Gasteiger partial charge in [-0.15, -0.1) is 0 Å². The third-order valence-electron chi connectivity index (χ3n) is 2.36. The van der Waals surface area contributed by atoms with Crippen LogP contribution in [0.4, 0.5) is 0 Å². The van der Waals surface area contributed by atoms with Crippen molar-refractivity contribution in [1.29, 1.82) is 0 Å². The molecule has 0 saturated carbocycles. The molecule has 0 saturated heterocycles. The minimum atomic E-state index is 0.203. The van der Waals surface area contributed by atoms with Crippen molar-refractivity contribution in [1.82, 2.24) is 15.6 Å². The highest BCUT2D eigenvalue weighted by Gasteiger charge is 2.06. The summed E-state index contributed by atoms with van der Waals surface area (Å²) in [6.07, 6.45) is 4.56. The summed E-state index contributed by atoms with van der Waals surface area (Å²) in [4.78, 5) is 3.96. The second-order valence-electron chi connectivity index (χ2n) is 5.17. The first-order chi connectivity index (χ1) is 7.99. The topological polar surface area (TPSA) is 37.0 Å². The monoisotopic (exact) mass is 255 g/mol. The summed E-state index contributed by atoms with van der Waals surface area (Å²) in [5.41, 5.74) is 1.31. The summed E-state index contributed by atoms with van der Waals surface area (Å²) in [7, 11) is 0. The minimum Gasteiger partial charge on any atom is -0.313 e. The van der Waals surface area contributed by atoms with Gasteiger partial charge in [0.05, 0.1) is 5.02 Å². The Hall–Kier alpha value is -0.640. The van der Waals surface area contributed by atoms with Crippen LogP contribution < -0.4 is 10.6 Å². The number of hydrogen-bond acceptors (Lipinski definition) is 3. The molecule has 3 nitrogen and oxygen atoms in total. The van der Waals surface area contributed by atoms with Crippen molar-refractivity contribution in [2.45, 2.75) is 39.3 Å². The smallest absolute Gasteiger partial charge is 0.0634 e. The van der Waals surface area contributed by atoms with E-state index in [9.17, 15) is 0 Å². The van der Waals surface area contributed by atoms with E-state index in [1.807, 2.05) is 6.07 Å². The molecule has 1 aromatic rings. The first kappa shape index (κ1) is 14.4. The van der Waals surface area contributed by atoms with Crippen LogP contribution in [0.3, 0.4) is 0 Å². The van der Waals surface area contributed by atoms with E-state index >= 15 is 0 Å². The van der Waals surface area contributed by atoms with Crippen LogP contribution in [-0.2, 0) is 6.54 Å². The summed E-state index contributed by atoms with van der Waals surface area (Å²) in [5, 5.41) is 7.56. The Balaban J connectivity index is 2.11. The highest BCUT2D eigenvalue weighted by Crippen LogP contribution is 2.12. The van der Waals surface area contributed by atoms with Crippen molar-refractivity contribution in [2.75, 3.05) is 13.1 Å². The van der Waals surface area contributed by atoms with Gasteiger partial charge >= 0.3 is 0 Å². The zero-order valence-corrected chi connectivity index (χ0v) is 11.6. The average Bonchev–Trinajstić information content (AvgIpc) is 2.24. The predicted molar refractivity (Wildman–Crippen MR) is 73.3 cm³/mol. The third kappa shape index (κ3) is 6.61. The van der Waals surface area contributed by atoms with Crippen molar-refractivity contribution in [2.24, 2.45) is 0 Å². The molecule has 0 spiro atoms. The molecule has 2 N–H and O–H groups in total. The number of halogens is 1. The van der Waals surface area contributed by atoms with E-state index in [1.165, 1.54) is 0 Å². The molecule has 0 amide bonds. The predicted octanol–water partition coefficient (Wildman–Crippen LogP) is 2.60. The van der Waals surface area contributed by atoms with Gasteiger partial charge in [0.25, 0.3) is 0 Å². The van der Waals surface area contributed by atoms with Crippen LogP contribution in [0.15, 0.2) is 18.5 Å². The molecule has 96 valence electrons. The number of nitrogens with one attached hydrogen (secondary N) is 2. The lowest BCUT2D eigenvalue weighted by Crippen LogP contribution is -2.37. The van der Waals surface area contributed by atoms with E-state index in [-0.39, 0.29) is 5.54 Å². The highest BCUT2D eigenvalue weighted by molar-refractivity contribution is 6.31. The maximum Gasteiger partial charge on any atom is 0.0634 e. The van der Waals surface area contributed by atoms with Crippen LogP contribution in [0.1, 0.15) is 32.8 Å². The number of pyridine rings is 1. The summed E-state index contributed by atoms with van der Waals surface area (Å²) in [6, 6.07) is 1.95. The van der Waals surface area contributed by atoms with Crippen molar-refractivity contribution in [3.05, 3.63) is 29.0 Å². The van der Waals surface area contributed by atoms with Crippen molar-refractivity contribution < 1.29 is 0 Å². The zero-order chi connectivity index (χ0) is 12.7. The Morgan fingerprint density at radius 2 is 2.06 bits per heavy atom. The van der Waals surface area contributed by atoms with Crippen molar-refractivity contribution in [3.63, 3.8) is 0 Å². The number of hydrogen-bond donors (Lipinski definition) is 2. The molecule has 1 aromatic heterocycles. The van der Waals surface area contributed by atoms with Gasteiger partial charge in [0.1, 0.15) is 0 Å². The van der Waals surface area contributed by atoms with E-state index in [4.69, 9.17) is 11.6 Å². The van der Waals surface area contributed by atoms with Crippen molar-refractivity contribution >= 4 is 11.6 Å². The Kier molecular flexibility index (Phi) is 5.89. The van der Waals surface area contributed by atoms with E-state index in [0.29, 0.717) is 0 Å². The third-order valence-corrected chi connectivity index (χ3v) is 2.70. The maximum absolute atomic E-state index is 6.01. The normalized spacial score (nSPS) is 11.8. The average molecular weight is 256 g/mol. The molecule has 0 aliphatic rings. The molecular weight excluding hydrogens is 234 g/mol. The standard InChI is InChI=1S/C13H22ClN3/c1-13(2,3)17-7-4-6-15-9-11-5-8-16-10-12(11)14/h5,8,10,15,17H,4,6-7,9H2,1-3H3. The molecule has 0 aromatic carbocycles.